The highest BCUT2D eigenvalue weighted by molar-refractivity contribution is 5.75. The van der Waals surface area contributed by atoms with Gasteiger partial charge in [-0.05, 0) is 27.7 Å². The van der Waals surface area contributed by atoms with Crippen molar-refractivity contribution in [1.82, 2.24) is 9.80 Å². The molecule has 2 nitrogen and oxygen atoms in total. The van der Waals surface area contributed by atoms with E-state index in [0.29, 0.717) is 12.1 Å². The van der Waals surface area contributed by atoms with E-state index in [1.54, 1.807) is 0 Å². The van der Waals surface area contributed by atoms with Crippen molar-refractivity contribution in [3.63, 3.8) is 0 Å². The van der Waals surface area contributed by atoms with Crippen molar-refractivity contribution >= 4 is 8.41 Å². The van der Waals surface area contributed by atoms with Gasteiger partial charge in [0, 0.05) is 25.2 Å². The zero-order valence-electron chi connectivity index (χ0n) is 9.80. The van der Waals surface area contributed by atoms with Gasteiger partial charge in [0.2, 0.25) is 0 Å². The number of hydrogen-bond acceptors (Lipinski definition) is 2. The summed E-state index contributed by atoms with van der Waals surface area (Å²) in [7, 11) is 0. The molecule has 104 valence electrons. The van der Waals surface area contributed by atoms with Crippen LogP contribution in [0, 0.1) is 0 Å². The van der Waals surface area contributed by atoms with E-state index in [2.05, 4.69) is 37.5 Å². The van der Waals surface area contributed by atoms with Crippen molar-refractivity contribution in [2.45, 2.75) is 39.8 Å². The molecule has 0 aromatic rings. The lowest BCUT2D eigenvalue weighted by atomic mass is 10.3. The maximum Gasteiger partial charge on any atom is 0.0814 e. The molecule has 1 aliphatic rings. The molecule has 16 heavy (non-hydrogen) atoms. The smallest absolute Gasteiger partial charge is 0.0814 e. The van der Waals surface area contributed by atoms with Crippen molar-refractivity contribution in [3.8, 4) is 0 Å². The minimum Gasteiger partial charge on any atom is -0.287 e. The second kappa shape index (κ2) is 12.8. The molecule has 0 N–H and O–H groups in total. The second-order valence-electron chi connectivity index (χ2n) is 3.95. The van der Waals surface area contributed by atoms with Gasteiger partial charge in [-0.25, -0.2) is 0 Å². The van der Waals surface area contributed by atoms with Crippen molar-refractivity contribution in [2.24, 2.45) is 0 Å². The van der Waals surface area contributed by atoms with Crippen molar-refractivity contribution in [1.29, 1.82) is 0 Å². The summed E-state index contributed by atoms with van der Waals surface area (Å²) in [4.78, 5) is 5.03. The second-order valence-corrected chi connectivity index (χ2v) is 3.95. The monoisotopic (exact) mass is 250 g/mol. The summed E-state index contributed by atoms with van der Waals surface area (Å²) in [6, 6.07) is 1.41. The summed E-state index contributed by atoms with van der Waals surface area (Å²) in [5.74, 6) is 0. The summed E-state index contributed by atoms with van der Waals surface area (Å²) in [6.45, 7) is 12.7. The van der Waals surface area contributed by atoms with Gasteiger partial charge in [-0.15, -0.1) is 0 Å². The van der Waals surface area contributed by atoms with Crippen LogP contribution < -0.4 is 0 Å². The van der Waals surface area contributed by atoms with Crippen LogP contribution >= 0.6 is 0 Å². The molecular formula is C9H27BF4N2. The van der Waals surface area contributed by atoms with Gasteiger partial charge >= 0.3 is 0 Å². The lowest BCUT2D eigenvalue weighted by molar-refractivity contribution is 0.187. The van der Waals surface area contributed by atoms with E-state index in [9.17, 15) is 0 Å². The zero-order valence-corrected chi connectivity index (χ0v) is 9.80. The molecule has 0 radical (unpaired) electrons. The molecule has 0 amide bonds. The largest absolute Gasteiger partial charge is 0.287 e. The van der Waals surface area contributed by atoms with E-state index in [4.69, 9.17) is 0 Å². The van der Waals surface area contributed by atoms with Crippen molar-refractivity contribution < 1.29 is 18.8 Å². The van der Waals surface area contributed by atoms with E-state index in [-0.39, 0.29) is 27.2 Å². The summed E-state index contributed by atoms with van der Waals surface area (Å²) in [6.07, 6.45) is 0. The molecule has 1 saturated heterocycles. The molecule has 0 saturated carbocycles. The summed E-state index contributed by atoms with van der Waals surface area (Å²) in [5, 5.41) is 0. The highest BCUT2D eigenvalue weighted by Crippen LogP contribution is 2.11. The molecule has 0 aromatic carbocycles. The van der Waals surface area contributed by atoms with Crippen LogP contribution in [0.4, 0.5) is 18.8 Å². The third kappa shape index (κ3) is 7.93. The topological polar surface area (TPSA) is 6.48 Å². The Balaban J connectivity index is -0.0000000807. The quantitative estimate of drug-likeness (QED) is 0.528. The Morgan fingerprint density at radius 2 is 0.938 bits per heavy atom. The van der Waals surface area contributed by atoms with Gasteiger partial charge in [0.05, 0.1) is 15.1 Å². The van der Waals surface area contributed by atoms with Gasteiger partial charge < -0.3 is 0 Å². The standard InChI is InChI=1S/C9H20N2.BH3.4FH/c1-8(2)10-5-6-11(7-10)9(3)4;;;;;/h8-9H,5-7H2,1-4H3;1H3;4*1H. The van der Waals surface area contributed by atoms with Crippen molar-refractivity contribution in [2.75, 3.05) is 19.8 Å². The Bertz CT molecular complexity index is 125. The number of nitrogens with zero attached hydrogens (tertiary/aromatic N) is 2. The molecule has 0 atom stereocenters. The van der Waals surface area contributed by atoms with Crippen LogP contribution in [0.5, 0.6) is 0 Å². The molecule has 1 aliphatic heterocycles. The maximum atomic E-state index is 2.51. The molecule has 1 rings (SSSR count). The molecule has 7 heteroatoms. The fraction of sp³-hybridized carbons (Fsp3) is 1.00. The summed E-state index contributed by atoms with van der Waals surface area (Å²) >= 11 is 0. The number of rotatable bonds is 2. The predicted molar refractivity (Wildman–Crippen MR) is 68.5 cm³/mol. The minimum atomic E-state index is 0. The van der Waals surface area contributed by atoms with Gasteiger partial charge in [-0.3, -0.25) is 28.6 Å². The van der Waals surface area contributed by atoms with Crippen LogP contribution in [0.2, 0.25) is 0 Å². The van der Waals surface area contributed by atoms with Crippen molar-refractivity contribution in [3.05, 3.63) is 0 Å². The normalized spacial score (nSPS) is 15.4. The maximum absolute atomic E-state index is 2.51. The Morgan fingerprint density at radius 3 is 1.06 bits per heavy atom. The SMILES string of the molecule is B.CC(C)N1CCN(C(C)C)C1.F.F.F.F. The van der Waals surface area contributed by atoms with E-state index >= 15 is 0 Å². The molecule has 0 spiro atoms. The first-order valence-electron chi connectivity index (χ1n) is 4.59. The fourth-order valence-electron chi connectivity index (χ4n) is 1.47. The number of halogens is 4. The van der Waals surface area contributed by atoms with Gasteiger partial charge in [0.15, 0.2) is 0 Å². The Labute approximate surface area is 97.4 Å². The molecule has 0 aliphatic carbocycles. The minimum absolute atomic E-state index is 0. The van der Waals surface area contributed by atoms with E-state index < -0.39 is 0 Å². The predicted octanol–water partition coefficient (Wildman–Crippen LogP) is 0.804. The average Bonchev–Trinajstić information content (AvgIpc) is 2.33. The number of hydrogen-bond donors (Lipinski definition) is 0. The van der Waals surface area contributed by atoms with E-state index in [1.807, 2.05) is 0 Å². The molecular weight excluding hydrogens is 223 g/mol. The first-order chi connectivity index (χ1) is 5.11. The third-order valence-electron chi connectivity index (χ3n) is 2.50. The van der Waals surface area contributed by atoms with Crippen LogP contribution in [-0.2, 0) is 0 Å². The molecule has 0 bridgehead atoms. The van der Waals surface area contributed by atoms with Crippen LogP contribution in [0.15, 0.2) is 0 Å². The van der Waals surface area contributed by atoms with Gasteiger partial charge in [-0.2, -0.15) is 0 Å². The molecule has 1 fully saturated rings. The third-order valence-corrected chi connectivity index (χ3v) is 2.50. The summed E-state index contributed by atoms with van der Waals surface area (Å²) in [5.41, 5.74) is 0. The van der Waals surface area contributed by atoms with Gasteiger partial charge in [0.1, 0.15) is 0 Å². The zero-order chi connectivity index (χ0) is 8.43. The van der Waals surface area contributed by atoms with Crippen LogP contribution in [0.25, 0.3) is 0 Å². The van der Waals surface area contributed by atoms with E-state index in [1.165, 1.54) is 13.1 Å². The lowest BCUT2D eigenvalue weighted by Crippen LogP contribution is -2.33. The molecule has 1 heterocycles. The fourth-order valence-corrected chi connectivity index (χ4v) is 1.47. The average molecular weight is 250 g/mol. The highest BCUT2D eigenvalue weighted by atomic mass is 19.0. The van der Waals surface area contributed by atoms with Crippen LogP contribution in [-0.4, -0.2) is 50.1 Å². The van der Waals surface area contributed by atoms with Gasteiger partial charge in [-0.1, -0.05) is 0 Å². The lowest BCUT2D eigenvalue weighted by Gasteiger charge is -2.23. The Kier molecular flexibility index (Phi) is 23.7. The Morgan fingerprint density at radius 1 is 0.688 bits per heavy atom. The van der Waals surface area contributed by atoms with Crippen LogP contribution in [0.1, 0.15) is 27.7 Å². The van der Waals surface area contributed by atoms with Gasteiger partial charge in [0.25, 0.3) is 0 Å². The Hall–Kier alpha value is -0.295. The summed E-state index contributed by atoms with van der Waals surface area (Å²) < 4.78 is 0. The first-order valence-corrected chi connectivity index (χ1v) is 4.59. The molecule has 0 aromatic heterocycles. The first kappa shape index (κ1) is 29.6. The van der Waals surface area contributed by atoms with E-state index in [0.717, 1.165) is 6.67 Å². The molecule has 0 unspecified atom stereocenters. The highest BCUT2D eigenvalue weighted by Gasteiger charge is 2.22. The van der Waals surface area contributed by atoms with Crippen LogP contribution in [0.3, 0.4) is 0 Å².